The van der Waals surface area contributed by atoms with Crippen molar-refractivity contribution in [3.05, 3.63) is 24.3 Å². The number of rotatable bonds is 3. The normalized spacial score (nSPS) is 18.8. The number of carbonyl (C=O) groups excluding carboxylic acids is 2. The van der Waals surface area contributed by atoms with E-state index in [1.54, 1.807) is 19.9 Å². The molecule has 0 bridgehead atoms. The number of carbonyl (C=O) groups is 2. The van der Waals surface area contributed by atoms with E-state index in [2.05, 4.69) is 29.6 Å². The minimum Gasteiger partial charge on any atom is -0.445 e. The lowest BCUT2D eigenvalue weighted by molar-refractivity contribution is -0.120. The van der Waals surface area contributed by atoms with Gasteiger partial charge in [-0.05, 0) is 52.7 Å². The van der Waals surface area contributed by atoms with Crippen LogP contribution in [-0.2, 0) is 9.53 Å². The first-order valence-electron chi connectivity index (χ1n) is 9.01. The van der Waals surface area contributed by atoms with Crippen LogP contribution in [0.1, 0.15) is 40.5 Å². The molecule has 1 aromatic heterocycles. The number of hydrogen-bond acceptors (Lipinski definition) is 5. The van der Waals surface area contributed by atoms with Crippen LogP contribution in [-0.4, -0.2) is 40.0 Å². The van der Waals surface area contributed by atoms with Gasteiger partial charge in [-0.3, -0.25) is 4.79 Å². The fourth-order valence-corrected chi connectivity index (χ4v) is 3.12. The van der Waals surface area contributed by atoms with Crippen molar-refractivity contribution in [1.29, 1.82) is 0 Å². The van der Waals surface area contributed by atoms with Gasteiger partial charge in [0.15, 0.2) is 5.82 Å². The molecule has 2 N–H and O–H groups in total. The standard InChI is InChI=1S/C19H26N4O3.ClH/c1-12(2)26-18(25)23-15-8-6-5-7-14(15)16(22-23)21-17(24)13-9-10-19(3,4)20-11-13;/h5-8,12-13,20H,9-11H2,1-4H3,(H,21,22,24);1H/t13-;/m1./s1. The third-order valence-electron chi connectivity index (χ3n) is 4.65. The molecule has 0 unspecified atom stereocenters. The molecule has 0 radical (unpaired) electrons. The molecule has 2 heterocycles. The molecular formula is C19H27ClN4O3. The highest BCUT2D eigenvalue weighted by Gasteiger charge is 2.30. The van der Waals surface area contributed by atoms with E-state index in [-0.39, 0.29) is 35.9 Å². The lowest BCUT2D eigenvalue weighted by atomic mass is 9.86. The number of nitrogens with zero attached hydrogens (tertiary/aromatic N) is 2. The Kier molecular flexibility index (Phi) is 6.49. The summed E-state index contributed by atoms with van der Waals surface area (Å²) in [6, 6.07) is 7.29. The van der Waals surface area contributed by atoms with E-state index < -0.39 is 6.09 Å². The minimum absolute atomic E-state index is 0. The highest BCUT2D eigenvalue weighted by Crippen LogP contribution is 2.26. The molecule has 1 aliphatic rings. The van der Waals surface area contributed by atoms with E-state index in [1.165, 1.54) is 4.68 Å². The Morgan fingerprint density at radius 1 is 1.33 bits per heavy atom. The van der Waals surface area contributed by atoms with Gasteiger partial charge in [0.05, 0.1) is 17.5 Å². The Hall–Kier alpha value is -2.12. The summed E-state index contributed by atoms with van der Waals surface area (Å²) < 4.78 is 6.44. The minimum atomic E-state index is -0.558. The maximum Gasteiger partial charge on any atom is 0.435 e. The predicted octanol–water partition coefficient (Wildman–Crippen LogP) is 3.57. The molecule has 7 nitrogen and oxygen atoms in total. The maximum absolute atomic E-state index is 12.7. The summed E-state index contributed by atoms with van der Waals surface area (Å²) in [6.45, 7) is 8.47. The topological polar surface area (TPSA) is 85.2 Å². The Morgan fingerprint density at radius 2 is 2.04 bits per heavy atom. The second-order valence-corrected chi connectivity index (χ2v) is 7.70. The maximum atomic E-state index is 12.7. The smallest absolute Gasteiger partial charge is 0.435 e. The van der Waals surface area contributed by atoms with Crippen LogP contribution >= 0.6 is 12.4 Å². The molecule has 2 aromatic rings. The second kappa shape index (κ2) is 8.27. The SMILES string of the molecule is CC(C)OC(=O)n1nc(NC(=O)[C@@H]2CCC(C)(C)NC2)c2ccccc21.Cl. The number of fused-ring (bicyclic) bond motifs is 1. The molecule has 1 aliphatic heterocycles. The number of hydrogen-bond donors (Lipinski definition) is 2. The lowest BCUT2D eigenvalue weighted by Crippen LogP contribution is -2.49. The number of para-hydroxylation sites is 1. The summed E-state index contributed by atoms with van der Waals surface area (Å²) in [6.07, 6.45) is 0.943. The van der Waals surface area contributed by atoms with Crippen molar-refractivity contribution < 1.29 is 14.3 Å². The Bertz CT molecular complexity index is 821. The van der Waals surface area contributed by atoms with Crippen molar-refractivity contribution in [3.63, 3.8) is 0 Å². The molecule has 0 spiro atoms. The van der Waals surface area contributed by atoms with Crippen LogP contribution in [0.25, 0.3) is 10.9 Å². The average Bonchev–Trinajstić information content (AvgIpc) is 2.93. The molecule has 1 aromatic carbocycles. The number of nitrogens with one attached hydrogen (secondary N) is 2. The van der Waals surface area contributed by atoms with Crippen LogP contribution in [0.4, 0.5) is 10.6 Å². The highest BCUT2D eigenvalue weighted by molar-refractivity contribution is 6.02. The number of amides is 1. The lowest BCUT2D eigenvalue weighted by Gasteiger charge is -2.35. The Labute approximate surface area is 165 Å². The third-order valence-corrected chi connectivity index (χ3v) is 4.65. The molecule has 1 amide bonds. The average molecular weight is 395 g/mol. The van der Waals surface area contributed by atoms with E-state index in [0.717, 1.165) is 12.8 Å². The molecule has 0 saturated carbocycles. The molecule has 1 fully saturated rings. The number of ether oxygens (including phenoxy) is 1. The van der Waals surface area contributed by atoms with E-state index in [4.69, 9.17) is 4.74 Å². The number of aromatic nitrogens is 2. The van der Waals surface area contributed by atoms with Crippen molar-refractivity contribution in [2.24, 2.45) is 5.92 Å². The van der Waals surface area contributed by atoms with Crippen LogP contribution in [0.15, 0.2) is 24.3 Å². The summed E-state index contributed by atoms with van der Waals surface area (Å²) in [5.41, 5.74) is 0.669. The van der Waals surface area contributed by atoms with Crippen LogP contribution in [0.2, 0.25) is 0 Å². The molecule has 1 saturated heterocycles. The van der Waals surface area contributed by atoms with E-state index in [1.807, 2.05) is 18.2 Å². The van der Waals surface area contributed by atoms with Gasteiger partial charge in [-0.25, -0.2) is 4.79 Å². The first-order valence-corrected chi connectivity index (χ1v) is 9.01. The largest absolute Gasteiger partial charge is 0.445 e. The fourth-order valence-electron chi connectivity index (χ4n) is 3.12. The number of benzene rings is 1. The van der Waals surface area contributed by atoms with Gasteiger partial charge in [0.2, 0.25) is 5.91 Å². The first kappa shape index (κ1) is 21.2. The van der Waals surface area contributed by atoms with Crippen LogP contribution in [0.3, 0.4) is 0 Å². The van der Waals surface area contributed by atoms with Crippen LogP contribution < -0.4 is 10.6 Å². The highest BCUT2D eigenvalue weighted by atomic mass is 35.5. The van der Waals surface area contributed by atoms with Crippen molar-refractivity contribution in [2.45, 2.75) is 52.2 Å². The summed E-state index contributed by atoms with van der Waals surface area (Å²) in [4.78, 5) is 25.0. The number of halogens is 1. The van der Waals surface area contributed by atoms with Gasteiger partial charge in [0.1, 0.15) is 0 Å². The Morgan fingerprint density at radius 3 is 2.67 bits per heavy atom. The molecule has 1 atom stereocenters. The summed E-state index contributed by atoms with van der Waals surface area (Å²) in [7, 11) is 0. The first-order chi connectivity index (χ1) is 12.3. The summed E-state index contributed by atoms with van der Waals surface area (Å²) in [5.74, 6) is 0.186. The van der Waals surface area contributed by atoms with E-state index in [9.17, 15) is 9.59 Å². The van der Waals surface area contributed by atoms with Crippen LogP contribution in [0, 0.1) is 5.92 Å². The predicted molar refractivity (Wildman–Crippen MR) is 107 cm³/mol. The Balaban J connectivity index is 0.00000261. The van der Waals surface area contributed by atoms with Crippen molar-refractivity contribution in [3.8, 4) is 0 Å². The van der Waals surface area contributed by atoms with Gasteiger partial charge in [-0.15, -0.1) is 17.5 Å². The van der Waals surface area contributed by atoms with Crippen molar-refractivity contribution in [2.75, 3.05) is 11.9 Å². The molecule has 0 aliphatic carbocycles. The quantitative estimate of drug-likeness (QED) is 0.831. The number of anilines is 1. The van der Waals surface area contributed by atoms with Crippen molar-refractivity contribution >= 4 is 41.1 Å². The van der Waals surface area contributed by atoms with Gasteiger partial charge >= 0.3 is 6.09 Å². The van der Waals surface area contributed by atoms with E-state index in [0.29, 0.717) is 23.3 Å². The van der Waals surface area contributed by atoms with Crippen molar-refractivity contribution in [1.82, 2.24) is 15.1 Å². The zero-order valence-corrected chi connectivity index (χ0v) is 16.9. The van der Waals surface area contributed by atoms with Gasteiger partial charge < -0.3 is 15.4 Å². The number of piperidine rings is 1. The monoisotopic (exact) mass is 394 g/mol. The van der Waals surface area contributed by atoms with Gasteiger partial charge in [-0.1, -0.05) is 12.1 Å². The molecule has 8 heteroatoms. The zero-order chi connectivity index (χ0) is 18.9. The van der Waals surface area contributed by atoms with Crippen LogP contribution in [0.5, 0.6) is 0 Å². The molecule has 148 valence electrons. The van der Waals surface area contributed by atoms with E-state index >= 15 is 0 Å². The summed E-state index contributed by atoms with van der Waals surface area (Å²) in [5, 5.41) is 11.3. The van der Waals surface area contributed by atoms with Gasteiger partial charge in [0.25, 0.3) is 0 Å². The van der Waals surface area contributed by atoms with Gasteiger partial charge in [0, 0.05) is 17.5 Å². The summed E-state index contributed by atoms with van der Waals surface area (Å²) >= 11 is 0. The molecule has 27 heavy (non-hydrogen) atoms. The molecular weight excluding hydrogens is 368 g/mol. The molecule has 3 rings (SSSR count). The second-order valence-electron chi connectivity index (χ2n) is 7.70. The third kappa shape index (κ3) is 4.78. The fraction of sp³-hybridized carbons (Fsp3) is 0.526. The zero-order valence-electron chi connectivity index (χ0n) is 16.1. The van der Waals surface area contributed by atoms with Gasteiger partial charge in [-0.2, -0.15) is 4.68 Å².